The summed E-state index contributed by atoms with van der Waals surface area (Å²) < 4.78 is 25.5. The van der Waals surface area contributed by atoms with Gasteiger partial charge in [-0.15, -0.1) is 12.4 Å². The molecular weight excluding hydrogens is 401 g/mol. The Morgan fingerprint density at radius 1 is 0.900 bits per heavy atom. The highest BCUT2D eigenvalue weighted by Gasteiger charge is 2.15. The molecule has 3 nitrogen and oxygen atoms in total. The van der Waals surface area contributed by atoms with Crippen LogP contribution in [0.25, 0.3) is 0 Å². The monoisotopic (exact) mass is 429 g/mol. The number of hydrogen-bond acceptors (Lipinski definition) is 3. The van der Waals surface area contributed by atoms with Gasteiger partial charge in [-0.05, 0) is 24.1 Å². The molecule has 0 radical (unpaired) electrons. The molecular formula is C25H29ClFNO2. The van der Waals surface area contributed by atoms with Gasteiger partial charge in [-0.1, -0.05) is 74.0 Å². The Hall–Kier alpha value is -2.56. The summed E-state index contributed by atoms with van der Waals surface area (Å²) in [6.45, 7) is 2.96. The topological polar surface area (TPSA) is 30.5 Å². The molecule has 1 unspecified atom stereocenters. The van der Waals surface area contributed by atoms with E-state index in [1.165, 1.54) is 11.6 Å². The fourth-order valence-corrected chi connectivity index (χ4v) is 3.38. The fourth-order valence-electron chi connectivity index (χ4n) is 3.38. The van der Waals surface area contributed by atoms with Crippen molar-refractivity contribution in [3.05, 3.63) is 95.3 Å². The zero-order valence-corrected chi connectivity index (χ0v) is 18.3. The lowest BCUT2D eigenvalue weighted by Gasteiger charge is -2.21. The standard InChI is InChI=1S/C25H28FNO2.ClH/c1-3-10-23(19-11-5-4-6-12-19)27-17-20-14-9-16-24(28-2)25(20)29-18-21-13-7-8-15-22(21)26;/h4-9,11-16,23,27H,3,10,17-18H2,1-2H3;1H. The zero-order valence-electron chi connectivity index (χ0n) is 17.4. The van der Waals surface area contributed by atoms with E-state index in [1.54, 1.807) is 19.2 Å². The van der Waals surface area contributed by atoms with E-state index >= 15 is 0 Å². The quantitative estimate of drug-likeness (QED) is 0.400. The Labute approximate surface area is 184 Å². The van der Waals surface area contributed by atoms with Crippen LogP contribution in [-0.2, 0) is 13.2 Å². The van der Waals surface area contributed by atoms with Crippen molar-refractivity contribution >= 4 is 12.4 Å². The summed E-state index contributed by atoms with van der Waals surface area (Å²) in [5, 5.41) is 3.64. The number of ether oxygens (including phenoxy) is 2. The number of methoxy groups -OCH3 is 1. The summed E-state index contributed by atoms with van der Waals surface area (Å²) in [7, 11) is 1.62. The molecule has 0 bridgehead atoms. The van der Waals surface area contributed by atoms with Gasteiger partial charge >= 0.3 is 0 Å². The van der Waals surface area contributed by atoms with Crippen LogP contribution < -0.4 is 14.8 Å². The maximum absolute atomic E-state index is 14.0. The normalized spacial score (nSPS) is 11.4. The maximum Gasteiger partial charge on any atom is 0.166 e. The second kappa shape index (κ2) is 12.2. The van der Waals surface area contributed by atoms with Crippen LogP contribution in [0.4, 0.5) is 4.39 Å². The molecule has 0 heterocycles. The minimum Gasteiger partial charge on any atom is -0.493 e. The van der Waals surface area contributed by atoms with Crippen LogP contribution in [0.15, 0.2) is 72.8 Å². The summed E-state index contributed by atoms with van der Waals surface area (Å²) in [6.07, 6.45) is 2.13. The van der Waals surface area contributed by atoms with Crippen molar-refractivity contribution in [3.8, 4) is 11.5 Å². The molecule has 0 fully saturated rings. The third-order valence-corrected chi connectivity index (χ3v) is 4.93. The van der Waals surface area contributed by atoms with E-state index < -0.39 is 0 Å². The van der Waals surface area contributed by atoms with E-state index in [-0.39, 0.29) is 30.9 Å². The third-order valence-electron chi connectivity index (χ3n) is 4.93. The van der Waals surface area contributed by atoms with Crippen molar-refractivity contribution in [2.75, 3.05) is 7.11 Å². The first-order chi connectivity index (χ1) is 14.2. The molecule has 3 aromatic rings. The van der Waals surface area contributed by atoms with Crippen molar-refractivity contribution in [2.45, 2.75) is 39.0 Å². The number of para-hydroxylation sites is 1. The van der Waals surface area contributed by atoms with Crippen LogP contribution in [0, 0.1) is 5.82 Å². The fraction of sp³-hybridized carbons (Fsp3) is 0.280. The van der Waals surface area contributed by atoms with Crippen LogP contribution in [0.2, 0.25) is 0 Å². The molecule has 30 heavy (non-hydrogen) atoms. The van der Waals surface area contributed by atoms with Gasteiger partial charge in [-0.25, -0.2) is 4.39 Å². The minimum atomic E-state index is -0.269. The van der Waals surface area contributed by atoms with Gasteiger partial charge in [0.15, 0.2) is 11.5 Å². The molecule has 0 spiro atoms. The van der Waals surface area contributed by atoms with Crippen LogP contribution in [0.3, 0.4) is 0 Å². The highest BCUT2D eigenvalue weighted by Crippen LogP contribution is 2.32. The van der Waals surface area contributed by atoms with E-state index in [2.05, 4.69) is 36.5 Å². The Morgan fingerprint density at radius 2 is 1.60 bits per heavy atom. The first-order valence-electron chi connectivity index (χ1n) is 10.0. The molecule has 160 valence electrons. The van der Waals surface area contributed by atoms with Crippen molar-refractivity contribution in [2.24, 2.45) is 0 Å². The second-order valence-electron chi connectivity index (χ2n) is 6.96. The molecule has 0 saturated heterocycles. The molecule has 0 saturated carbocycles. The molecule has 3 rings (SSSR count). The average molecular weight is 430 g/mol. The summed E-state index contributed by atoms with van der Waals surface area (Å²) in [5.41, 5.74) is 2.77. The van der Waals surface area contributed by atoms with Gasteiger partial charge in [-0.3, -0.25) is 0 Å². The molecule has 3 aromatic carbocycles. The lowest BCUT2D eigenvalue weighted by molar-refractivity contribution is 0.275. The van der Waals surface area contributed by atoms with Crippen molar-refractivity contribution in [1.82, 2.24) is 5.32 Å². The van der Waals surface area contributed by atoms with Crippen molar-refractivity contribution < 1.29 is 13.9 Å². The van der Waals surface area contributed by atoms with Crippen molar-refractivity contribution in [1.29, 1.82) is 0 Å². The number of benzene rings is 3. The third kappa shape index (κ3) is 6.22. The molecule has 0 amide bonds. The van der Waals surface area contributed by atoms with E-state index in [1.807, 2.05) is 30.3 Å². The SMILES string of the molecule is CCCC(NCc1cccc(OC)c1OCc1ccccc1F)c1ccccc1.Cl. The van der Waals surface area contributed by atoms with Gasteiger partial charge in [0.2, 0.25) is 0 Å². The van der Waals surface area contributed by atoms with E-state index in [4.69, 9.17) is 9.47 Å². The van der Waals surface area contributed by atoms with Gasteiger partial charge in [0.1, 0.15) is 12.4 Å². The predicted molar refractivity (Wildman–Crippen MR) is 122 cm³/mol. The largest absolute Gasteiger partial charge is 0.493 e. The molecule has 0 aliphatic heterocycles. The van der Waals surface area contributed by atoms with Gasteiger partial charge in [0.25, 0.3) is 0 Å². The van der Waals surface area contributed by atoms with Gasteiger partial charge in [0.05, 0.1) is 7.11 Å². The Kier molecular flexibility index (Phi) is 9.65. The molecule has 0 aliphatic carbocycles. The van der Waals surface area contributed by atoms with Crippen LogP contribution in [-0.4, -0.2) is 7.11 Å². The summed E-state index contributed by atoms with van der Waals surface area (Å²) in [4.78, 5) is 0. The summed E-state index contributed by atoms with van der Waals surface area (Å²) in [6, 6.07) is 23.2. The number of hydrogen-bond donors (Lipinski definition) is 1. The number of rotatable bonds is 10. The lowest BCUT2D eigenvalue weighted by atomic mass is 10.0. The highest BCUT2D eigenvalue weighted by molar-refractivity contribution is 5.85. The zero-order chi connectivity index (χ0) is 20.5. The number of nitrogens with one attached hydrogen (secondary N) is 1. The number of halogens is 2. The molecule has 1 atom stereocenters. The van der Waals surface area contributed by atoms with Gasteiger partial charge < -0.3 is 14.8 Å². The van der Waals surface area contributed by atoms with E-state index in [0.29, 0.717) is 23.6 Å². The van der Waals surface area contributed by atoms with Gasteiger partial charge in [-0.2, -0.15) is 0 Å². The summed E-state index contributed by atoms with van der Waals surface area (Å²) >= 11 is 0. The first-order valence-corrected chi connectivity index (χ1v) is 10.0. The average Bonchev–Trinajstić information content (AvgIpc) is 2.77. The second-order valence-corrected chi connectivity index (χ2v) is 6.96. The molecule has 1 N–H and O–H groups in total. The highest BCUT2D eigenvalue weighted by atomic mass is 35.5. The first kappa shape index (κ1) is 23.7. The molecule has 0 aromatic heterocycles. The van der Waals surface area contributed by atoms with Gasteiger partial charge in [0, 0.05) is 23.7 Å². The summed E-state index contributed by atoms with van der Waals surface area (Å²) in [5.74, 6) is 1.02. The predicted octanol–water partition coefficient (Wildman–Crippen LogP) is 6.47. The van der Waals surface area contributed by atoms with E-state index in [9.17, 15) is 4.39 Å². The Bertz CT molecular complexity index is 905. The molecule has 5 heteroatoms. The maximum atomic E-state index is 14.0. The minimum absolute atomic E-state index is 0. The smallest absolute Gasteiger partial charge is 0.166 e. The Balaban J connectivity index is 0.00000320. The Morgan fingerprint density at radius 3 is 2.30 bits per heavy atom. The van der Waals surface area contributed by atoms with Crippen LogP contribution >= 0.6 is 12.4 Å². The van der Waals surface area contributed by atoms with Crippen molar-refractivity contribution in [3.63, 3.8) is 0 Å². The van der Waals surface area contributed by atoms with E-state index in [0.717, 1.165) is 18.4 Å². The lowest BCUT2D eigenvalue weighted by Crippen LogP contribution is -2.21. The van der Waals surface area contributed by atoms with Crippen LogP contribution in [0.1, 0.15) is 42.5 Å². The van der Waals surface area contributed by atoms with Crippen LogP contribution in [0.5, 0.6) is 11.5 Å². The molecule has 0 aliphatic rings.